The van der Waals surface area contributed by atoms with Crippen molar-refractivity contribution in [1.82, 2.24) is 10.2 Å². The Morgan fingerprint density at radius 3 is 2.88 bits per heavy atom. The summed E-state index contributed by atoms with van der Waals surface area (Å²) in [5.41, 5.74) is 0. The summed E-state index contributed by atoms with van der Waals surface area (Å²) in [5, 5.41) is 3.45. The molecule has 0 saturated carbocycles. The van der Waals surface area contributed by atoms with Gasteiger partial charge in [0.05, 0.1) is 6.61 Å². The third kappa shape index (κ3) is 4.04. The van der Waals surface area contributed by atoms with Crippen molar-refractivity contribution in [3.63, 3.8) is 0 Å². The molecule has 1 saturated heterocycles. The SMILES string of the molecule is COCCNCC(C)N1CCCC(C)C1C. The zero-order chi connectivity index (χ0) is 12.0. The van der Waals surface area contributed by atoms with Crippen LogP contribution in [0.2, 0.25) is 0 Å². The fourth-order valence-corrected chi connectivity index (χ4v) is 2.59. The second kappa shape index (κ2) is 7.25. The highest BCUT2D eigenvalue weighted by atomic mass is 16.5. The van der Waals surface area contributed by atoms with Gasteiger partial charge in [0.25, 0.3) is 0 Å². The quantitative estimate of drug-likeness (QED) is 0.701. The third-order valence-corrected chi connectivity index (χ3v) is 3.91. The maximum absolute atomic E-state index is 5.03. The molecule has 0 aromatic heterocycles. The molecule has 1 heterocycles. The molecule has 0 radical (unpaired) electrons. The lowest BCUT2D eigenvalue weighted by molar-refractivity contribution is 0.0742. The number of nitrogens with zero attached hydrogens (tertiary/aromatic N) is 1. The van der Waals surface area contributed by atoms with E-state index in [-0.39, 0.29) is 0 Å². The molecule has 1 N–H and O–H groups in total. The molecule has 16 heavy (non-hydrogen) atoms. The van der Waals surface area contributed by atoms with E-state index in [1.165, 1.54) is 19.4 Å². The van der Waals surface area contributed by atoms with E-state index in [2.05, 4.69) is 31.0 Å². The fourth-order valence-electron chi connectivity index (χ4n) is 2.59. The molecule has 0 amide bonds. The van der Waals surface area contributed by atoms with E-state index in [0.717, 1.165) is 31.7 Å². The van der Waals surface area contributed by atoms with Gasteiger partial charge in [-0.3, -0.25) is 4.90 Å². The Kier molecular flexibility index (Phi) is 6.32. The van der Waals surface area contributed by atoms with Crippen molar-refractivity contribution in [2.45, 2.75) is 45.7 Å². The van der Waals surface area contributed by atoms with Crippen LogP contribution in [0.25, 0.3) is 0 Å². The second-order valence-electron chi connectivity index (χ2n) is 5.14. The highest BCUT2D eigenvalue weighted by Gasteiger charge is 2.27. The molecule has 1 aliphatic rings. The summed E-state index contributed by atoms with van der Waals surface area (Å²) in [4.78, 5) is 2.65. The van der Waals surface area contributed by atoms with Crippen LogP contribution in [0, 0.1) is 5.92 Å². The van der Waals surface area contributed by atoms with Crippen LogP contribution in [0.3, 0.4) is 0 Å². The third-order valence-electron chi connectivity index (χ3n) is 3.91. The van der Waals surface area contributed by atoms with E-state index in [0.29, 0.717) is 6.04 Å². The first-order chi connectivity index (χ1) is 7.66. The predicted octanol–water partition coefficient (Wildman–Crippen LogP) is 1.73. The first kappa shape index (κ1) is 13.9. The Morgan fingerprint density at radius 1 is 1.44 bits per heavy atom. The molecule has 0 aliphatic carbocycles. The number of ether oxygens (including phenoxy) is 1. The van der Waals surface area contributed by atoms with Gasteiger partial charge >= 0.3 is 0 Å². The van der Waals surface area contributed by atoms with E-state index in [4.69, 9.17) is 4.74 Å². The minimum Gasteiger partial charge on any atom is -0.383 e. The van der Waals surface area contributed by atoms with Gasteiger partial charge in [0.15, 0.2) is 0 Å². The lowest BCUT2D eigenvalue weighted by Gasteiger charge is -2.41. The molecular weight excluding hydrogens is 200 g/mol. The maximum atomic E-state index is 5.03. The van der Waals surface area contributed by atoms with Crippen molar-refractivity contribution in [2.75, 3.05) is 33.4 Å². The summed E-state index contributed by atoms with van der Waals surface area (Å²) in [7, 11) is 1.75. The zero-order valence-corrected chi connectivity index (χ0v) is 11.3. The van der Waals surface area contributed by atoms with Gasteiger partial charge in [0.1, 0.15) is 0 Å². The van der Waals surface area contributed by atoms with E-state index < -0.39 is 0 Å². The molecule has 1 rings (SSSR count). The van der Waals surface area contributed by atoms with Crippen LogP contribution in [0.5, 0.6) is 0 Å². The van der Waals surface area contributed by atoms with Crippen molar-refractivity contribution in [2.24, 2.45) is 5.92 Å². The van der Waals surface area contributed by atoms with Crippen LogP contribution in [-0.4, -0.2) is 50.3 Å². The largest absolute Gasteiger partial charge is 0.383 e. The normalized spacial score (nSPS) is 29.2. The lowest BCUT2D eigenvalue weighted by Crippen LogP contribution is -2.50. The molecule has 1 aliphatic heterocycles. The van der Waals surface area contributed by atoms with Crippen molar-refractivity contribution in [3.8, 4) is 0 Å². The maximum Gasteiger partial charge on any atom is 0.0587 e. The smallest absolute Gasteiger partial charge is 0.0587 e. The Bertz CT molecular complexity index is 187. The summed E-state index contributed by atoms with van der Waals surface area (Å²) in [6.07, 6.45) is 2.75. The standard InChI is InChI=1S/C13H28N2O/c1-11-6-5-8-15(13(11)3)12(2)10-14-7-9-16-4/h11-14H,5-10H2,1-4H3. The van der Waals surface area contributed by atoms with E-state index in [1.807, 2.05) is 0 Å². The number of rotatable bonds is 6. The Labute approximate surface area is 101 Å². The van der Waals surface area contributed by atoms with Crippen molar-refractivity contribution in [3.05, 3.63) is 0 Å². The molecular formula is C13H28N2O. The first-order valence-electron chi connectivity index (χ1n) is 6.62. The average molecular weight is 228 g/mol. The van der Waals surface area contributed by atoms with Crippen LogP contribution in [0.15, 0.2) is 0 Å². The summed E-state index contributed by atoms with van der Waals surface area (Å²) < 4.78 is 5.03. The molecule has 3 unspecified atom stereocenters. The van der Waals surface area contributed by atoms with E-state index >= 15 is 0 Å². The minimum absolute atomic E-state index is 0.634. The number of piperidine rings is 1. The monoisotopic (exact) mass is 228 g/mol. The molecule has 3 atom stereocenters. The van der Waals surface area contributed by atoms with Gasteiger partial charge < -0.3 is 10.1 Å². The molecule has 96 valence electrons. The Morgan fingerprint density at radius 2 is 2.19 bits per heavy atom. The predicted molar refractivity (Wildman–Crippen MR) is 68.8 cm³/mol. The minimum atomic E-state index is 0.634. The van der Waals surface area contributed by atoms with Gasteiger partial charge in [0.2, 0.25) is 0 Å². The molecule has 0 aromatic carbocycles. The highest BCUT2D eigenvalue weighted by molar-refractivity contribution is 4.82. The zero-order valence-electron chi connectivity index (χ0n) is 11.3. The summed E-state index contributed by atoms with van der Waals surface area (Å²) in [6, 6.07) is 1.36. The van der Waals surface area contributed by atoms with Crippen LogP contribution in [-0.2, 0) is 4.74 Å². The molecule has 3 nitrogen and oxygen atoms in total. The fraction of sp³-hybridized carbons (Fsp3) is 1.00. The van der Waals surface area contributed by atoms with Gasteiger partial charge in [0, 0.05) is 32.3 Å². The van der Waals surface area contributed by atoms with Gasteiger partial charge in [-0.1, -0.05) is 6.92 Å². The Balaban J connectivity index is 2.26. The van der Waals surface area contributed by atoms with E-state index in [1.54, 1.807) is 7.11 Å². The average Bonchev–Trinajstić information content (AvgIpc) is 2.28. The number of likely N-dealkylation sites (tertiary alicyclic amines) is 1. The number of hydrogen-bond donors (Lipinski definition) is 1. The van der Waals surface area contributed by atoms with Gasteiger partial charge in [-0.2, -0.15) is 0 Å². The molecule has 0 bridgehead atoms. The topological polar surface area (TPSA) is 24.5 Å². The van der Waals surface area contributed by atoms with Crippen molar-refractivity contribution >= 4 is 0 Å². The van der Waals surface area contributed by atoms with Crippen LogP contribution in [0.4, 0.5) is 0 Å². The summed E-state index contributed by atoms with van der Waals surface area (Å²) in [5.74, 6) is 0.843. The van der Waals surface area contributed by atoms with Crippen LogP contribution >= 0.6 is 0 Å². The molecule has 0 spiro atoms. The molecule has 0 aromatic rings. The van der Waals surface area contributed by atoms with Crippen molar-refractivity contribution in [1.29, 1.82) is 0 Å². The number of hydrogen-bond acceptors (Lipinski definition) is 3. The van der Waals surface area contributed by atoms with E-state index in [9.17, 15) is 0 Å². The Hall–Kier alpha value is -0.120. The van der Waals surface area contributed by atoms with Crippen LogP contribution in [0.1, 0.15) is 33.6 Å². The van der Waals surface area contributed by atoms with Gasteiger partial charge in [-0.05, 0) is 39.2 Å². The molecule has 1 fully saturated rings. The van der Waals surface area contributed by atoms with Gasteiger partial charge in [-0.15, -0.1) is 0 Å². The van der Waals surface area contributed by atoms with Crippen LogP contribution < -0.4 is 5.32 Å². The number of methoxy groups -OCH3 is 1. The van der Waals surface area contributed by atoms with Crippen molar-refractivity contribution < 1.29 is 4.74 Å². The highest BCUT2D eigenvalue weighted by Crippen LogP contribution is 2.24. The first-order valence-corrected chi connectivity index (χ1v) is 6.62. The van der Waals surface area contributed by atoms with Gasteiger partial charge in [-0.25, -0.2) is 0 Å². The number of nitrogens with one attached hydrogen (secondary N) is 1. The lowest BCUT2D eigenvalue weighted by atomic mass is 9.91. The summed E-state index contributed by atoms with van der Waals surface area (Å²) in [6.45, 7) is 11.2. The second-order valence-corrected chi connectivity index (χ2v) is 5.14. The molecule has 3 heteroatoms. The summed E-state index contributed by atoms with van der Waals surface area (Å²) >= 11 is 0.